The lowest BCUT2D eigenvalue weighted by atomic mass is 9.94. The Labute approximate surface area is 120 Å². The summed E-state index contributed by atoms with van der Waals surface area (Å²) in [5, 5.41) is 3.41. The van der Waals surface area contributed by atoms with Crippen molar-refractivity contribution in [1.82, 2.24) is 15.1 Å². The maximum atomic E-state index is 12.4. The number of rotatable bonds is 2. The molecule has 4 nitrogen and oxygen atoms in total. The number of benzene rings is 1. The van der Waals surface area contributed by atoms with Crippen LogP contribution in [-0.2, 0) is 24.2 Å². The number of carbonyl (C=O) groups excluding carboxylic acids is 1. The molecule has 3 rings (SSSR count). The first-order valence-electron chi connectivity index (χ1n) is 7.51. The van der Waals surface area contributed by atoms with Crippen molar-refractivity contribution >= 4 is 5.91 Å². The van der Waals surface area contributed by atoms with Gasteiger partial charge in [-0.1, -0.05) is 18.2 Å². The van der Waals surface area contributed by atoms with Crippen molar-refractivity contribution in [1.29, 1.82) is 0 Å². The molecule has 0 saturated carbocycles. The molecule has 1 amide bonds. The van der Waals surface area contributed by atoms with E-state index in [1.54, 1.807) is 0 Å². The maximum Gasteiger partial charge on any atom is 0.227 e. The molecule has 0 radical (unpaired) electrons. The second-order valence-electron chi connectivity index (χ2n) is 5.84. The molecule has 2 aliphatic heterocycles. The summed E-state index contributed by atoms with van der Waals surface area (Å²) in [6, 6.07) is 6.40. The van der Waals surface area contributed by atoms with Crippen LogP contribution in [0.5, 0.6) is 0 Å². The first-order valence-corrected chi connectivity index (χ1v) is 7.51. The van der Waals surface area contributed by atoms with E-state index >= 15 is 0 Å². The predicted molar refractivity (Wildman–Crippen MR) is 79.6 cm³/mol. The van der Waals surface area contributed by atoms with Gasteiger partial charge >= 0.3 is 0 Å². The fraction of sp³-hybridized carbons (Fsp3) is 0.562. The highest BCUT2D eigenvalue weighted by Crippen LogP contribution is 2.19. The summed E-state index contributed by atoms with van der Waals surface area (Å²) in [4.78, 5) is 16.7. The third kappa shape index (κ3) is 2.86. The molecule has 1 fully saturated rings. The molecule has 1 saturated heterocycles. The van der Waals surface area contributed by atoms with Crippen molar-refractivity contribution in [3.63, 3.8) is 0 Å². The Balaban J connectivity index is 1.70. The molecule has 2 heterocycles. The van der Waals surface area contributed by atoms with Crippen LogP contribution in [0.4, 0.5) is 0 Å². The second kappa shape index (κ2) is 5.94. The molecule has 108 valence electrons. The SMILES string of the molecule is CN1CCN(C(=O)Cc2cccc3c2CNCC3)CC1. The minimum atomic E-state index is 0.275. The lowest BCUT2D eigenvalue weighted by Crippen LogP contribution is -2.47. The number of hydrogen-bond donors (Lipinski definition) is 1. The van der Waals surface area contributed by atoms with Gasteiger partial charge in [0.2, 0.25) is 5.91 Å². The van der Waals surface area contributed by atoms with Gasteiger partial charge in [0.1, 0.15) is 0 Å². The molecular formula is C16H23N3O. The Morgan fingerprint density at radius 3 is 2.85 bits per heavy atom. The topological polar surface area (TPSA) is 35.6 Å². The van der Waals surface area contributed by atoms with Crippen molar-refractivity contribution < 1.29 is 4.79 Å². The third-order valence-corrected chi connectivity index (χ3v) is 4.44. The molecular weight excluding hydrogens is 250 g/mol. The van der Waals surface area contributed by atoms with E-state index in [1.807, 2.05) is 4.90 Å². The fourth-order valence-electron chi connectivity index (χ4n) is 3.08. The molecule has 0 aliphatic carbocycles. The smallest absolute Gasteiger partial charge is 0.227 e. The van der Waals surface area contributed by atoms with Crippen LogP contribution in [0.1, 0.15) is 16.7 Å². The normalized spacial score (nSPS) is 19.8. The largest absolute Gasteiger partial charge is 0.340 e. The van der Waals surface area contributed by atoms with Crippen molar-refractivity contribution in [3.8, 4) is 0 Å². The molecule has 1 aromatic rings. The Morgan fingerprint density at radius 1 is 1.25 bits per heavy atom. The highest BCUT2D eigenvalue weighted by atomic mass is 16.2. The standard InChI is InChI=1S/C16H23N3O/c1-18-7-9-19(10-8-18)16(20)11-14-4-2-3-13-5-6-17-12-15(13)14/h2-4,17H,5-12H2,1H3. The summed E-state index contributed by atoms with van der Waals surface area (Å²) in [6.45, 7) is 5.65. The van der Waals surface area contributed by atoms with Crippen LogP contribution < -0.4 is 5.32 Å². The number of carbonyl (C=O) groups is 1. The van der Waals surface area contributed by atoms with E-state index in [1.165, 1.54) is 16.7 Å². The quantitative estimate of drug-likeness (QED) is 0.859. The van der Waals surface area contributed by atoms with Gasteiger partial charge in [0.05, 0.1) is 6.42 Å². The molecule has 0 unspecified atom stereocenters. The number of amides is 1. The van der Waals surface area contributed by atoms with E-state index in [0.29, 0.717) is 6.42 Å². The van der Waals surface area contributed by atoms with Gasteiger partial charge in [-0.05, 0) is 36.7 Å². The van der Waals surface area contributed by atoms with Crippen LogP contribution in [0.2, 0.25) is 0 Å². The van der Waals surface area contributed by atoms with Gasteiger partial charge in [-0.2, -0.15) is 0 Å². The van der Waals surface area contributed by atoms with Crippen LogP contribution in [0, 0.1) is 0 Å². The van der Waals surface area contributed by atoms with Crippen LogP contribution in [0.25, 0.3) is 0 Å². The molecule has 20 heavy (non-hydrogen) atoms. The number of hydrogen-bond acceptors (Lipinski definition) is 3. The van der Waals surface area contributed by atoms with Crippen LogP contribution in [0.3, 0.4) is 0 Å². The number of piperazine rings is 1. The van der Waals surface area contributed by atoms with Gasteiger partial charge in [-0.3, -0.25) is 4.79 Å². The van der Waals surface area contributed by atoms with E-state index in [-0.39, 0.29) is 5.91 Å². The van der Waals surface area contributed by atoms with E-state index < -0.39 is 0 Å². The van der Waals surface area contributed by atoms with Crippen LogP contribution in [0.15, 0.2) is 18.2 Å². The Kier molecular flexibility index (Phi) is 4.03. The van der Waals surface area contributed by atoms with Crippen molar-refractivity contribution in [2.75, 3.05) is 39.8 Å². The van der Waals surface area contributed by atoms with Crippen molar-refractivity contribution in [2.45, 2.75) is 19.4 Å². The molecule has 1 N–H and O–H groups in total. The molecule has 0 atom stereocenters. The summed E-state index contributed by atoms with van der Waals surface area (Å²) in [6.07, 6.45) is 1.63. The van der Waals surface area contributed by atoms with Crippen molar-refractivity contribution in [2.24, 2.45) is 0 Å². The summed E-state index contributed by atoms with van der Waals surface area (Å²) in [5.41, 5.74) is 3.97. The summed E-state index contributed by atoms with van der Waals surface area (Å²) < 4.78 is 0. The maximum absolute atomic E-state index is 12.4. The summed E-state index contributed by atoms with van der Waals surface area (Å²) >= 11 is 0. The summed E-state index contributed by atoms with van der Waals surface area (Å²) in [5.74, 6) is 0.275. The van der Waals surface area contributed by atoms with Gasteiger partial charge in [0.25, 0.3) is 0 Å². The van der Waals surface area contributed by atoms with Gasteiger partial charge in [0, 0.05) is 32.7 Å². The second-order valence-corrected chi connectivity index (χ2v) is 5.84. The van der Waals surface area contributed by atoms with Gasteiger partial charge in [-0.25, -0.2) is 0 Å². The van der Waals surface area contributed by atoms with Gasteiger partial charge in [-0.15, -0.1) is 0 Å². The van der Waals surface area contributed by atoms with Crippen molar-refractivity contribution in [3.05, 3.63) is 34.9 Å². The number of nitrogens with one attached hydrogen (secondary N) is 1. The minimum Gasteiger partial charge on any atom is -0.340 e. The van der Waals surface area contributed by atoms with Gasteiger partial charge in [0.15, 0.2) is 0 Å². The lowest BCUT2D eigenvalue weighted by Gasteiger charge is -2.32. The first kappa shape index (κ1) is 13.6. The predicted octanol–water partition coefficient (Wildman–Crippen LogP) is 0.649. The molecule has 0 spiro atoms. The minimum absolute atomic E-state index is 0.275. The number of nitrogens with zero attached hydrogens (tertiary/aromatic N) is 2. The molecule has 4 heteroatoms. The van der Waals surface area contributed by atoms with Crippen LogP contribution >= 0.6 is 0 Å². The zero-order valence-electron chi connectivity index (χ0n) is 12.2. The Morgan fingerprint density at radius 2 is 2.05 bits per heavy atom. The lowest BCUT2D eigenvalue weighted by molar-refractivity contribution is -0.132. The van der Waals surface area contributed by atoms with E-state index in [9.17, 15) is 4.79 Å². The summed E-state index contributed by atoms with van der Waals surface area (Å²) in [7, 11) is 2.11. The number of fused-ring (bicyclic) bond motifs is 1. The third-order valence-electron chi connectivity index (χ3n) is 4.44. The zero-order valence-corrected chi connectivity index (χ0v) is 12.2. The zero-order chi connectivity index (χ0) is 13.9. The average molecular weight is 273 g/mol. The van der Waals surface area contributed by atoms with E-state index in [0.717, 1.165) is 45.7 Å². The molecule has 2 aliphatic rings. The first-order chi connectivity index (χ1) is 9.74. The van der Waals surface area contributed by atoms with E-state index in [4.69, 9.17) is 0 Å². The van der Waals surface area contributed by atoms with E-state index in [2.05, 4.69) is 35.5 Å². The molecule has 0 aromatic heterocycles. The molecule has 1 aromatic carbocycles. The Bertz CT molecular complexity index is 492. The van der Waals surface area contributed by atoms with Gasteiger partial charge < -0.3 is 15.1 Å². The highest BCUT2D eigenvalue weighted by Gasteiger charge is 2.21. The number of likely N-dealkylation sites (N-methyl/N-ethyl adjacent to an activating group) is 1. The fourth-order valence-corrected chi connectivity index (χ4v) is 3.08. The monoisotopic (exact) mass is 273 g/mol. The highest BCUT2D eigenvalue weighted by molar-refractivity contribution is 5.79. The van der Waals surface area contributed by atoms with Crippen LogP contribution in [-0.4, -0.2) is 55.5 Å². The average Bonchev–Trinajstić information content (AvgIpc) is 2.48. The Hall–Kier alpha value is -1.39. The molecule has 0 bridgehead atoms.